The van der Waals surface area contributed by atoms with Gasteiger partial charge < -0.3 is 15.0 Å². The molecule has 2 atom stereocenters. The Morgan fingerprint density at radius 3 is 2.16 bits per heavy atom. The molecule has 0 radical (unpaired) electrons. The van der Waals surface area contributed by atoms with Crippen LogP contribution >= 0.6 is 0 Å². The van der Waals surface area contributed by atoms with E-state index in [2.05, 4.69) is 50.2 Å². The van der Waals surface area contributed by atoms with E-state index in [0.717, 1.165) is 12.3 Å². The average Bonchev–Trinajstić information content (AvgIpc) is 2.43. The van der Waals surface area contributed by atoms with E-state index in [9.17, 15) is 0 Å². The van der Waals surface area contributed by atoms with Gasteiger partial charge in [-0.2, -0.15) is 0 Å². The summed E-state index contributed by atoms with van der Waals surface area (Å²) in [6, 6.07) is 9.23. The second-order valence-corrected chi connectivity index (χ2v) is 5.54. The van der Waals surface area contributed by atoms with Crippen LogP contribution in [-0.2, 0) is 0 Å². The molecule has 1 aromatic rings. The van der Waals surface area contributed by atoms with Gasteiger partial charge in [-0.15, -0.1) is 0 Å². The molecule has 0 heterocycles. The number of benzene rings is 1. The highest BCUT2D eigenvalue weighted by Gasteiger charge is 2.18. The van der Waals surface area contributed by atoms with Gasteiger partial charge in [-0.3, -0.25) is 0 Å². The molecule has 3 nitrogen and oxygen atoms in total. The molecular formula is C16H28N2O. The Labute approximate surface area is 118 Å². The zero-order chi connectivity index (χ0) is 14.4. The van der Waals surface area contributed by atoms with Gasteiger partial charge in [0.2, 0.25) is 0 Å². The number of nitrogens with zero attached hydrogens (tertiary/aromatic N) is 1. The van der Waals surface area contributed by atoms with Gasteiger partial charge in [0.25, 0.3) is 0 Å². The van der Waals surface area contributed by atoms with E-state index in [-0.39, 0.29) is 0 Å². The van der Waals surface area contributed by atoms with Gasteiger partial charge in [-0.25, -0.2) is 0 Å². The first kappa shape index (κ1) is 16.0. The lowest BCUT2D eigenvalue weighted by Gasteiger charge is -2.31. The van der Waals surface area contributed by atoms with Crippen molar-refractivity contribution >= 4 is 0 Å². The van der Waals surface area contributed by atoms with Crippen LogP contribution in [0.25, 0.3) is 0 Å². The highest BCUT2D eigenvalue weighted by molar-refractivity contribution is 5.29. The summed E-state index contributed by atoms with van der Waals surface area (Å²) < 4.78 is 5.20. The van der Waals surface area contributed by atoms with E-state index in [1.165, 1.54) is 5.56 Å². The van der Waals surface area contributed by atoms with Gasteiger partial charge in [0.15, 0.2) is 0 Å². The summed E-state index contributed by atoms with van der Waals surface area (Å²) in [6.07, 6.45) is 0. The van der Waals surface area contributed by atoms with Crippen LogP contribution < -0.4 is 10.1 Å². The summed E-state index contributed by atoms with van der Waals surface area (Å²) in [6.45, 7) is 7.82. The van der Waals surface area contributed by atoms with Crippen molar-refractivity contribution in [3.63, 3.8) is 0 Å². The number of methoxy groups -OCH3 is 1. The van der Waals surface area contributed by atoms with Crippen LogP contribution in [0.15, 0.2) is 24.3 Å². The zero-order valence-corrected chi connectivity index (χ0v) is 13.1. The number of nitrogens with one attached hydrogen (secondary N) is 1. The van der Waals surface area contributed by atoms with E-state index in [4.69, 9.17) is 4.74 Å². The monoisotopic (exact) mass is 264 g/mol. The molecule has 0 aliphatic rings. The number of hydrogen-bond acceptors (Lipinski definition) is 3. The quantitative estimate of drug-likeness (QED) is 0.819. The third-order valence-electron chi connectivity index (χ3n) is 4.00. The van der Waals surface area contributed by atoms with Gasteiger partial charge in [-0.05, 0) is 44.6 Å². The van der Waals surface area contributed by atoms with Crippen molar-refractivity contribution in [1.82, 2.24) is 10.2 Å². The second kappa shape index (κ2) is 7.51. The van der Waals surface area contributed by atoms with Crippen LogP contribution in [0.4, 0.5) is 0 Å². The predicted octanol–water partition coefficient (Wildman–Crippen LogP) is 2.93. The molecule has 0 fully saturated rings. The van der Waals surface area contributed by atoms with Crippen molar-refractivity contribution in [3.05, 3.63) is 29.8 Å². The molecule has 0 amide bonds. The van der Waals surface area contributed by atoms with E-state index < -0.39 is 0 Å². The van der Waals surface area contributed by atoms with E-state index >= 15 is 0 Å². The van der Waals surface area contributed by atoms with Gasteiger partial charge in [-0.1, -0.05) is 26.0 Å². The molecule has 0 saturated heterocycles. The van der Waals surface area contributed by atoms with Crippen molar-refractivity contribution in [2.24, 2.45) is 5.92 Å². The highest BCUT2D eigenvalue weighted by atomic mass is 16.5. The Kier molecular flexibility index (Phi) is 6.32. The summed E-state index contributed by atoms with van der Waals surface area (Å²) >= 11 is 0. The minimum absolute atomic E-state index is 0.345. The maximum Gasteiger partial charge on any atom is 0.118 e. The van der Waals surface area contributed by atoms with Crippen molar-refractivity contribution in [3.8, 4) is 5.75 Å². The van der Waals surface area contributed by atoms with E-state index in [1.807, 2.05) is 19.2 Å². The number of likely N-dealkylation sites (N-methyl/N-ethyl adjacent to an activating group) is 2. The fourth-order valence-electron chi connectivity index (χ4n) is 2.16. The molecule has 2 unspecified atom stereocenters. The Morgan fingerprint density at radius 1 is 1.16 bits per heavy atom. The lowest BCUT2D eigenvalue weighted by atomic mass is 10.0. The zero-order valence-electron chi connectivity index (χ0n) is 13.1. The van der Waals surface area contributed by atoms with Crippen LogP contribution in [-0.4, -0.2) is 38.7 Å². The molecule has 0 bridgehead atoms. The Balaban J connectivity index is 2.71. The minimum atomic E-state index is 0.345. The minimum Gasteiger partial charge on any atom is -0.497 e. The maximum atomic E-state index is 5.20. The first-order valence-corrected chi connectivity index (χ1v) is 7.01. The Morgan fingerprint density at radius 2 is 1.74 bits per heavy atom. The molecule has 108 valence electrons. The fourth-order valence-corrected chi connectivity index (χ4v) is 2.16. The molecule has 1 N–H and O–H groups in total. The van der Waals surface area contributed by atoms with Crippen molar-refractivity contribution < 1.29 is 4.74 Å². The Hall–Kier alpha value is -1.06. The summed E-state index contributed by atoms with van der Waals surface area (Å²) in [5.41, 5.74) is 1.30. The smallest absolute Gasteiger partial charge is 0.118 e. The van der Waals surface area contributed by atoms with Gasteiger partial charge in [0.05, 0.1) is 7.11 Å². The van der Waals surface area contributed by atoms with E-state index in [1.54, 1.807) is 7.11 Å². The third kappa shape index (κ3) is 4.51. The van der Waals surface area contributed by atoms with Crippen LogP contribution in [0.5, 0.6) is 5.75 Å². The molecule has 0 aliphatic carbocycles. The predicted molar refractivity (Wildman–Crippen MR) is 81.7 cm³/mol. The molecule has 1 aromatic carbocycles. The fraction of sp³-hybridized carbons (Fsp3) is 0.625. The van der Waals surface area contributed by atoms with Crippen LogP contribution in [0.1, 0.15) is 32.4 Å². The summed E-state index contributed by atoms with van der Waals surface area (Å²) in [4.78, 5) is 2.41. The van der Waals surface area contributed by atoms with Crippen LogP contribution in [0.3, 0.4) is 0 Å². The first-order chi connectivity index (χ1) is 8.99. The standard InChI is InChI=1S/C16H28N2O/c1-12(2)13(3)18(5)11-16(17-4)14-7-9-15(19-6)10-8-14/h7-10,12-13,16-17H,11H2,1-6H3. The molecule has 0 spiro atoms. The van der Waals surface area contributed by atoms with Crippen LogP contribution in [0.2, 0.25) is 0 Å². The topological polar surface area (TPSA) is 24.5 Å². The SMILES string of the molecule is CNC(CN(C)C(C)C(C)C)c1ccc(OC)cc1. The van der Waals surface area contributed by atoms with Gasteiger partial charge in [0.1, 0.15) is 5.75 Å². The lowest BCUT2D eigenvalue weighted by Crippen LogP contribution is -2.39. The largest absolute Gasteiger partial charge is 0.497 e. The van der Waals surface area contributed by atoms with Gasteiger partial charge in [0, 0.05) is 18.6 Å². The molecule has 0 aliphatic heterocycles. The van der Waals surface area contributed by atoms with Gasteiger partial charge >= 0.3 is 0 Å². The van der Waals surface area contributed by atoms with Crippen LogP contribution in [0, 0.1) is 5.92 Å². The summed E-state index contributed by atoms with van der Waals surface area (Å²) in [7, 11) is 5.91. The average molecular weight is 264 g/mol. The van der Waals surface area contributed by atoms with Crippen molar-refractivity contribution in [2.75, 3.05) is 27.7 Å². The summed E-state index contributed by atoms with van der Waals surface area (Å²) in [5.74, 6) is 1.57. The second-order valence-electron chi connectivity index (χ2n) is 5.54. The summed E-state index contributed by atoms with van der Waals surface area (Å²) in [5, 5.41) is 3.40. The number of ether oxygens (including phenoxy) is 1. The lowest BCUT2D eigenvalue weighted by molar-refractivity contribution is 0.190. The number of rotatable bonds is 7. The van der Waals surface area contributed by atoms with Crippen molar-refractivity contribution in [2.45, 2.75) is 32.9 Å². The normalized spacial score (nSPS) is 14.7. The maximum absolute atomic E-state index is 5.20. The van der Waals surface area contributed by atoms with Crippen molar-refractivity contribution in [1.29, 1.82) is 0 Å². The molecule has 3 heteroatoms. The third-order valence-corrected chi connectivity index (χ3v) is 4.00. The molecule has 19 heavy (non-hydrogen) atoms. The highest BCUT2D eigenvalue weighted by Crippen LogP contribution is 2.19. The molecule has 1 rings (SSSR count). The van der Waals surface area contributed by atoms with E-state index in [0.29, 0.717) is 18.0 Å². The molecule has 0 aromatic heterocycles. The Bertz CT molecular complexity index is 362. The molecular weight excluding hydrogens is 236 g/mol. The molecule has 0 saturated carbocycles. The number of hydrogen-bond donors (Lipinski definition) is 1. The first-order valence-electron chi connectivity index (χ1n) is 7.01.